The molecule has 1 aromatic carbocycles. The van der Waals surface area contributed by atoms with E-state index in [0.717, 1.165) is 5.56 Å². The first-order valence-corrected chi connectivity index (χ1v) is 9.83. The third kappa shape index (κ3) is 2.71. The fourth-order valence-corrected chi connectivity index (χ4v) is 4.54. The molecule has 3 amide bonds. The zero-order valence-corrected chi connectivity index (χ0v) is 17.0. The first kappa shape index (κ1) is 21.6. The zero-order chi connectivity index (χ0) is 21.1. The molecule has 0 aromatic heterocycles. The molecule has 0 aliphatic carbocycles. The number of imide groups is 1. The molecule has 3 heterocycles. The van der Waals surface area contributed by atoms with E-state index in [1.165, 1.54) is 0 Å². The number of hydrogen-bond donors (Lipinski definition) is 2. The van der Waals surface area contributed by atoms with E-state index < -0.39 is 29.3 Å². The van der Waals surface area contributed by atoms with Gasteiger partial charge in [0.25, 0.3) is 5.91 Å². The number of para-hydroxylation sites is 1. The molecular weight excluding hydrogens is 354 g/mol. The molecule has 2 saturated heterocycles. The average molecular weight is 383 g/mol. The lowest BCUT2D eigenvalue weighted by atomic mass is 9.76. The van der Waals surface area contributed by atoms with Crippen molar-refractivity contribution in [1.29, 1.82) is 0 Å². The molecule has 0 bridgehead atoms. The van der Waals surface area contributed by atoms with Crippen LogP contribution < -0.4 is 10.6 Å². The molecule has 3 aliphatic heterocycles. The molecule has 6 nitrogen and oxygen atoms in total. The second-order valence-electron chi connectivity index (χ2n) is 6.29. The number of carbonyl (C=O) groups excluding carboxylic acids is 3. The van der Waals surface area contributed by atoms with Crippen LogP contribution in [0.25, 0.3) is 0 Å². The lowest BCUT2D eigenvalue weighted by Gasteiger charge is -2.37. The van der Waals surface area contributed by atoms with Gasteiger partial charge in [-0.15, -0.1) is 13.2 Å². The van der Waals surface area contributed by atoms with Gasteiger partial charge in [-0.25, -0.2) is 0 Å². The van der Waals surface area contributed by atoms with Crippen molar-refractivity contribution >= 4 is 23.4 Å². The standard InChI is InChI=1S/C18H17N3O3.2C2H6/c1-3-9-21-12(4-2)13-14(16(23)20-15(13)22)18(21)10-7-5-6-8-11(10)19-17(18)24;2*1-2/h3-8,12-14H,1-2,9H2,(H,19,24)(H,20,22,23);2*1-2H3/t12-,13+,14-,18+;;/m1../s1. The molecule has 0 saturated carbocycles. The van der Waals surface area contributed by atoms with Crippen molar-refractivity contribution < 1.29 is 14.4 Å². The van der Waals surface area contributed by atoms with Gasteiger partial charge in [-0.3, -0.25) is 24.6 Å². The molecule has 3 aliphatic rings. The van der Waals surface area contributed by atoms with Crippen LogP contribution in [0.3, 0.4) is 0 Å². The predicted octanol–water partition coefficient (Wildman–Crippen LogP) is 2.83. The Bertz CT molecular complexity index is 804. The second kappa shape index (κ2) is 8.52. The van der Waals surface area contributed by atoms with E-state index >= 15 is 0 Å². The lowest BCUT2D eigenvalue weighted by Crippen LogP contribution is -2.54. The Morgan fingerprint density at radius 2 is 1.68 bits per heavy atom. The lowest BCUT2D eigenvalue weighted by molar-refractivity contribution is -0.136. The molecule has 6 heteroatoms. The van der Waals surface area contributed by atoms with E-state index in [9.17, 15) is 14.4 Å². The molecule has 2 N–H and O–H groups in total. The topological polar surface area (TPSA) is 78.5 Å². The van der Waals surface area contributed by atoms with Crippen LogP contribution >= 0.6 is 0 Å². The van der Waals surface area contributed by atoms with Crippen molar-refractivity contribution in [3.8, 4) is 0 Å². The van der Waals surface area contributed by atoms with Gasteiger partial charge in [0.05, 0.1) is 11.8 Å². The van der Waals surface area contributed by atoms with Crippen LogP contribution in [-0.2, 0) is 19.9 Å². The van der Waals surface area contributed by atoms with Crippen molar-refractivity contribution in [2.45, 2.75) is 39.3 Å². The van der Waals surface area contributed by atoms with Crippen LogP contribution in [0.4, 0.5) is 5.69 Å². The largest absolute Gasteiger partial charge is 0.324 e. The minimum atomic E-state index is -1.22. The number of fused-ring (bicyclic) bond motifs is 4. The molecule has 28 heavy (non-hydrogen) atoms. The normalized spacial score (nSPS) is 29.6. The highest BCUT2D eigenvalue weighted by molar-refractivity contribution is 6.15. The van der Waals surface area contributed by atoms with Gasteiger partial charge >= 0.3 is 0 Å². The number of amides is 3. The number of rotatable bonds is 3. The highest BCUT2D eigenvalue weighted by Gasteiger charge is 2.71. The minimum Gasteiger partial charge on any atom is -0.324 e. The second-order valence-corrected chi connectivity index (χ2v) is 6.29. The Labute approximate surface area is 166 Å². The van der Waals surface area contributed by atoms with E-state index in [1.807, 2.05) is 50.8 Å². The summed E-state index contributed by atoms with van der Waals surface area (Å²) in [6, 6.07) is 6.88. The molecule has 1 aromatic rings. The fourth-order valence-electron chi connectivity index (χ4n) is 4.54. The highest BCUT2D eigenvalue weighted by atomic mass is 16.2. The van der Waals surface area contributed by atoms with E-state index in [2.05, 4.69) is 23.8 Å². The van der Waals surface area contributed by atoms with Crippen LogP contribution in [0.2, 0.25) is 0 Å². The summed E-state index contributed by atoms with van der Waals surface area (Å²) in [5, 5.41) is 5.26. The summed E-state index contributed by atoms with van der Waals surface area (Å²) in [5.74, 6) is -2.45. The Balaban J connectivity index is 0.000000660. The van der Waals surface area contributed by atoms with Crippen LogP contribution in [0.1, 0.15) is 33.3 Å². The monoisotopic (exact) mass is 383 g/mol. The predicted molar refractivity (Wildman–Crippen MR) is 110 cm³/mol. The summed E-state index contributed by atoms with van der Waals surface area (Å²) in [7, 11) is 0. The van der Waals surface area contributed by atoms with Gasteiger partial charge in [0, 0.05) is 23.8 Å². The molecule has 150 valence electrons. The molecular formula is C22H29N3O3. The van der Waals surface area contributed by atoms with Crippen LogP contribution in [-0.4, -0.2) is 35.2 Å². The highest BCUT2D eigenvalue weighted by Crippen LogP contribution is 2.56. The van der Waals surface area contributed by atoms with Gasteiger partial charge in [0.2, 0.25) is 11.8 Å². The van der Waals surface area contributed by atoms with Crippen molar-refractivity contribution in [1.82, 2.24) is 10.2 Å². The molecule has 0 radical (unpaired) electrons. The Kier molecular flexibility index (Phi) is 6.56. The zero-order valence-electron chi connectivity index (χ0n) is 17.0. The van der Waals surface area contributed by atoms with E-state index in [-0.39, 0.29) is 11.8 Å². The number of nitrogens with zero attached hydrogens (tertiary/aromatic N) is 1. The third-order valence-electron chi connectivity index (χ3n) is 5.32. The number of hydrogen-bond acceptors (Lipinski definition) is 4. The summed E-state index contributed by atoms with van der Waals surface area (Å²) < 4.78 is 0. The number of benzene rings is 1. The summed E-state index contributed by atoms with van der Waals surface area (Å²) in [6.45, 7) is 16.0. The molecule has 2 fully saturated rings. The minimum absolute atomic E-state index is 0.283. The maximum absolute atomic E-state index is 13.1. The third-order valence-corrected chi connectivity index (χ3v) is 5.32. The smallest absolute Gasteiger partial charge is 0.250 e. The summed E-state index contributed by atoms with van der Waals surface area (Å²) in [4.78, 5) is 39.9. The average Bonchev–Trinajstić information content (AvgIpc) is 3.29. The number of carbonyl (C=O) groups is 3. The summed E-state index contributed by atoms with van der Waals surface area (Å²) in [6.07, 6.45) is 3.32. The first-order chi connectivity index (χ1) is 13.6. The van der Waals surface area contributed by atoms with Gasteiger partial charge < -0.3 is 5.32 Å². The fraction of sp³-hybridized carbons (Fsp3) is 0.409. The van der Waals surface area contributed by atoms with Gasteiger partial charge in [-0.05, 0) is 6.07 Å². The van der Waals surface area contributed by atoms with E-state index in [0.29, 0.717) is 12.2 Å². The summed E-state index contributed by atoms with van der Waals surface area (Å²) >= 11 is 0. The summed E-state index contributed by atoms with van der Waals surface area (Å²) in [5.41, 5.74) is 0.179. The van der Waals surface area contributed by atoms with E-state index in [1.54, 1.807) is 18.2 Å². The van der Waals surface area contributed by atoms with Gasteiger partial charge in [-0.2, -0.15) is 0 Å². The Hall–Kier alpha value is -2.73. The molecule has 4 atom stereocenters. The molecule has 1 spiro atoms. The maximum Gasteiger partial charge on any atom is 0.250 e. The number of nitrogens with one attached hydrogen (secondary N) is 2. The van der Waals surface area contributed by atoms with Crippen molar-refractivity contribution in [2.24, 2.45) is 11.8 Å². The van der Waals surface area contributed by atoms with Crippen LogP contribution in [0.15, 0.2) is 49.6 Å². The Morgan fingerprint density at radius 1 is 1.04 bits per heavy atom. The van der Waals surface area contributed by atoms with Crippen molar-refractivity contribution in [2.75, 3.05) is 11.9 Å². The van der Waals surface area contributed by atoms with Crippen LogP contribution in [0, 0.1) is 11.8 Å². The quantitative estimate of drug-likeness (QED) is 0.621. The van der Waals surface area contributed by atoms with Gasteiger partial charge in [0.1, 0.15) is 5.54 Å². The number of likely N-dealkylation sites (tertiary alicyclic amines) is 1. The first-order valence-electron chi connectivity index (χ1n) is 9.83. The van der Waals surface area contributed by atoms with Crippen molar-refractivity contribution in [3.63, 3.8) is 0 Å². The van der Waals surface area contributed by atoms with Gasteiger partial charge in [0.15, 0.2) is 0 Å². The van der Waals surface area contributed by atoms with Crippen molar-refractivity contribution in [3.05, 3.63) is 55.1 Å². The Morgan fingerprint density at radius 3 is 2.29 bits per heavy atom. The van der Waals surface area contributed by atoms with Crippen LogP contribution in [0.5, 0.6) is 0 Å². The maximum atomic E-state index is 13.1. The SMILES string of the molecule is C=CCN1[C@H](C=C)[C@@H]2C(=O)NC(=O)[C@@H]2[C@@]12C(=O)Nc1ccccc12.CC.CC. The molecule has 4 rings (SSSR count). The van der Waals surface area contributed by atoms with Gasteiger partial charge in [-0.1, -0.05) is 58.0 Å². The molecule has 0 unspecified atom stereocenters. The van der Waals surface area contributed by atoms with E-state index in [4.69, 9.17) is 0 Å². The number of anilines is 1.